The molecule has 0 aliphatic rings. The van der Waals surface area contributed by atoms with E-state index in [0.29, 0.717) is 0 Å². The third kappa shape index (κ3) is 3.10. The van der Waals surface area contributed by atoms with Crippen molar-refractivity contribution in [3.05, 3.63) is 35.0 Å². The Bertz CT molecular complexity index is 527. The van der Waals surface area contributed by atoms with Gasteiger partial charge in [-0.1, -0.05) is 6.92 Å². The average Bonchev–Trinajstić information content (AvgIpc) is 2.75. The van der Waals surface area contributed by atoms with Crippen LogP contribution in [0.1, 0.15) is 29.6 Å². The third-order valence-electron chi connectivity index (χ3n) is 3.44. The number of nitrogens with one attached hydrogen (secondary N) is 1. The van der Waals surface area contributed by atoms with Crippen molar-refractivity contribution in [1.29, 1.82) is 0 Å². The first-order chi connectivity index (χ1) is 9.11. The number of aromatic amines is 1. The molecule has 2 heterocycles. The maximum atomic E-state index is 4.32. The Kier molecular flexibility index (Phi) is 4.14. The summed E-state index contributed by atoms with van der Waals surface area (Å²) in [6, 6.07) is 2.05. The highest BCUT2D eigenvalue weighted by atomic mass is 15.2. The summed E-state index contributed by atoms with van der Waals surface area (Å²) < 4.78 is 0. The molecule has 102 valence electrons. The number of hydrogen-bond donors (Lipinski definition) is 1. The van der Waals surface area contributed by atoms with Crippen LogP contribution in [0.5, 0.6) is 0 Å². The summed E-state index contributed by atoms with van der Waals surface area (Å²) in [6.45, 7) is 7.12. The first kappa shape index (κ1) is 13.5. The van der Waals surface area contributed by atoms with E-state index in [2.05, 4.69) is 52.0 Å². The minimum atomic E-state index is 0.918. The van der Waals surface area contributed by atoms with Crippen LogP contribution in [0.2, 0.25) is 0 Å². The van der Waals surface area contributed by atoms with Crippen LogP contribution in [0.15, 0.2) is 12.4 Å². The average molecular weight is 259 g/mol. The van der Waals surface area contributed by atoms with E-state index in [-0.39, 0.29) is 0 Å². The van der Waals surface area contributed by atoms with Crippen molar-refractivity contribution in [1.82, 2.24) is 20.2 Å². The van der Waals surface area contributed by atoms with Crippen molar-refractivity contribution in [2.75, 3.05) is 18.5 Å². The lowest BCUT2D eigenvalue weighted by molar-refractivity contribution is 0.841. The Hall–Kier alpha value is -1.91. The summed E-state index contributed by atoms with van der Waals surface area (Å²) in [6.07, 6.45) is 3.54. The van der Waals surface area contributed by atoms with E-state index >= 15 is 0 Å². The molecule has 0 saturated heterocycles. The van der Waals surface area contributed by atoms with Gasteiger partial charge in [-0.15, -0.1) is 0 Å². The molecule has 1 N–H and O–H groups in total. The number of likely N-dealkylation sites (N-methyl/N-ethyl adjacent to an activating group) is 1. The third-order valence-corrected chi connectivity index (χ3v) is 3.44. The number of hydrogen-bond acceptors (Lipinski definition) is 4. The molecule has 5 heteroatoms. The Balaban J connectivity index is 2.03. The smallest absolute Gasteiger partial charge is 0.131 e. The number of anilines is 1. The minimum absolute atomic E-state index is 0.918. The van der Waals surface area contributed by atoms with Gasteiger partial charge in [0.1, 0.15) is 12.1 Å². The predicted molar refractivity (Wildman–Crippen MR) is 76.4 cm³/mol. The second-order valence-corrected chi connectivity index (χ2v) is 4.81. The molecule has 2 aromatic heterocycles. The van der Waals surface area contributed by atoms with Gasteiger partial charge in [0.15, 0.2) is 0 Å². The Morgan fingerprint density at radius 3 is 2.68 bits per heavy atom. The zero-order chi connectivity index (χ0) is 13.8. The fourth-order valence-electron chi connectivity index (χ4n) is 2.12. The molecule has 0 atom stereocenters. The van der Waals surface area contributed by atoms with E-state index in [0.717, 1.165) is 42.3 Å². The van der Waals surface area contributed by atoms with Gasteiger partial charge in [0.2, 0.25) is 0 Å². The Morgan fingerprint density at radius 1 is 1.26 bits per heavy atom. The van der Waals surface area contributed by atoms with Gasteiger partial charge in [0.05, 0.1) is 5.69 Å². The molecule has 0 fully saturated rings. The first-order valence-electron chi connectivity index (χ1n) is 6.64. The summed E-state index contributed by atoms with van der Waals surface area (Å²) in [5.74, 6) is 0.977. The number of rotatable bonds is 5. The zero-order valence-corrected chi connectivity index (χ0v) is 12.1. The van der Waals surface area contributed by atoms with Crippen LogP contribution in [0.3, 0.4) is 0 Å². The second kappa shape index (κ2) is 5.82. The lowest BCUT2D eigenvalue weighted by Crippen LogP contribution is -2.22. The van der Waals surface area contributed by atoms with Crippen molar-refractivity contribution in [3.63, 3.8) is 0 Å². The van der Waals surface area contributed by atoms with E-state index in [1.54, 1.807) is 6.33 Å². The fraction of sp³-hybridized carbons (Fsp3) is 0.500. The lowest BCUT2D eigenvalue weighted by atomic mass is 10.1. The van der Waals surface area contributed by atoms with Gasteiger partial charge in [-0.3, -0.25) is 5.10 Å². The van der Waals surface area contributed by atoms with Gasteiger partial charge >= 0.3 is 0 Å². The fourth-order valence-corrected chi connectivity index (χ4v) is 2.12. The van der Waals surface area contributed by atoms with Crippen molar-refractivity contribution in [3.8, 4) is 0 Å². The van der Waals surface area contributed by atoms with Gasteiger partial charge < -0.3 is 4.90 Å². The van der Waals surface area contributed by atoms with E-state index in [9.17, 15) is 0 Å². The van der Waals surface area contributed by atoms with Gasteiger partial charge in [0.25, 0.3) is 0 Å². The molecular weight excluding hydrogens is 238 g/mol. The maximum Gasteiger partial charge on any atom is 0.131 e. The monoisotopic (exact) mass is 259 g/mol. The second-order valence-electron chi connectivity index (χ2n) is 4.81. The minimum Gasteiger partial charge on any atom is -0.359 e. The Morgan fingerprint density at radius 2 is 2.05 bits per heavy atom. The number of nitrogens with zero attached hydrogens (tertiary/aromatic N) is 4. The van der Waals surface area contributed by atoms with Crippen LogP contribution < -0.4 is 4.90 Å². The van der Waals surface area contributed by atoms with Crippen molar-refractivity contribution < 1.29 is 0 Å². The van der Waals surface area contributed by atoms with Crippen molar-refractivity contribution >= 4 is 5.82 Å². The van der Waals surface area contributed by atoms with E-state index in [4.69, 9.17) is 0 Å². The molecule has 0 aromatic carbocycles. The van der Waals surface area contributed by atoms with Gasteiger partial charge in [-0.2, -0.15) is 5.10 Å². The molecule has 0 aliphatic carbocycles. The molecule has 0 unspecified atom stereocenters. The number of aromatic nitrogens is 4. The molecule has 0 bridgehead atoms. The molecule has 0 radical (unpaired) electrons. The molecule has 0 amide bonds. The van der Waals surface area contributed by atoms with Crippen LogP contribution in [-0.2, 0) is 12.8 Å². The normalized spacial score (nSPS) is 10.7. The van der Waals surface area contributed by atoms with E-state index in [1.165, 1.54) is 5.56 Å². The predicted octanol–water partition coefficient (Wildman–Crippen LogP) is 2.06. The van der Waals surface area contributed by atoms with Gasteiger partial charge in [-0.25, -0.2) is 9.97 Å². The molecule has 0 saturated carbocycles. The quantitative estimate of drug-likeness (QED) is 0.893. The summed E-state index contributed by atoms with van der Waals surface area (Å²) in [5.41, 5.74) is 4.62. The molecular formula is C14H21N5. The lowest BCUT2D eigenvalue weighted by Gasteiger charge is -2.18. The molecule has 5 nitrogen and oxygen atoms in total. The molecule has 19 heavy (non-hydrogen) atoms. The van der Waals surface area contributed by atoms with Crippen molar-refractivity contribution in [2.24, 2.45) is 0 Å². The maximum absolute atomic E-state index is 4.32. The Labute approximate surface area is 114 Å². The van der Waals surface area contributed by atoms with Crippen molar-refractivity contribution in [2.45, 2.75) is 33.6 Å². The highest BCUT2D eigenvalue weighted by molar-refractivity contribution is 5.38. The summed E-state index contributed by atoms with van der Waals surface area (Å²) in [5, 5.41) is 7.25. The SMILES string of the molecule is CCc1cc(N(C)CCc2c(C)n[nH]c2C)ncn1. The number of aryl methyl sites for hydroxylation is 3. The highest BCUT2D eigenvalue weighted by Gasteiger charge is 2.09. The van der Waals surface area contributed by atoms with E-state index < -0.39 is 0 Å². The molecule has 0 spiro atoms. The van der Waals surface area contributed by atoms with Crippen LogP contribution in [0, 0.1) is 13.8 Å². The van der Waals surface area contributed by atoms with Crippen LogP contribution in [0.25, 0.3) is 0 Å². The summed E-state index contributed by atoms with van der Waals surface area (Å²) in [4.78, 5) is 10.7. The molecule has 0 aliphatic heterocycles. The topological polar surface area (TPSA) is 57.7 Å². The molecule has 2 rings (SSSR count). The zero-order valence-electron chi connectivity index (χ0n) is 12.1. The molecule has 2 aromatic rings. The van der Waals surface area contributed by atoms with Gasteiger partial charge in [-0.05, 0) is 32.3 Å². The summed E-state index contributed by atoms with van der Waals surface area (Å²) >= 11 is 0. The van der Waals surface area contributed by atoms with Gasteiger partial charge in [0, 0.05) is 31.0 Å². The standard InChI is InChI=1S/C14H21N5/c1-5-12-8-14(16-9-15-12)19(4)7-6-13-10(2)17-18-11(13)3/h8-9H,5-7H2,1-4H3,(H,17,18). The highest BCUT2D eigenvalue weighted by Crippen LogP contribution is 2.13. The first-order valence-corrected chi connectivity index (χ1v) is 6.64. The number of H-pyrrole nitrogens is 1. The van der Waals surface area contributed by atoms with Crippen LogP contribution in [-0.4, -0.2) is 33.8 Å². The largest absolute Gasteiger partial charge is 0.359 e. The van der Waals surface area contributed by atoms with Crippen LogP contribution in [0.4, 0.5) is 5.82 Å². The van der Waals surface area contributed by atoms with E-state index in [1.807, 2.05) is 6.92 Å². The van der Waals surface area contributed by atoms with Crippen LogP contribution >= 0.6 is 0 Å². The summed E-state index contributed by atoms with van der Waals surface area (Å²) in [7, 11) is 2.06.